The van der Waals surface area contributed by atoms with E-state index in [0.717, 1.165) is 11.1 Å². The zero-order chi connectivity index (χ0) is 18.7. The highest BCUT2D eigenvalue weighted by molar-refractivity contribution is 6.34. The second-order valence-corrected chi connectivity index (χ2v) is 6.63. The first-order chi connectivity index (χ1) is 11.7. The zero-order valence-corrected chi connectivity index (χ0v) is 15.7. The Labute approximate surface area is 151 Å². The molecule has 0 saturated carbocycles. The van der Waals surface area contributed by atoms with E-state index in [9.17, 15) is 9.59 Å². The Kier molecular flexibility index (Phi) is 5.85. The molecule has 1 aromatic heterocycles. The highest BCUT2D eigenvalue weighted by Crippen LogP contribution is 2.27. The van der Waals surface area contributed by atoms with Crippen molar-refractivity contribution in [3.8, 4) is 0 Å². The number of nitrogens with one attached hydrogen (secondary N) is 1. The molecule has 6 nitrogen and oxygen atoms in total. The van der Waals surface area contributed by atoms with Crippen molar-refractivity contribution in [1.29, 1.82) is 0 Å². The number of anilines is 1. The number of aryl methyl sites for hydroxylation is 3. The lowest BCUT2D eigenvalue weighted by molar-refractivity contribution is -0.119. The summed E-state index contributed by atoms with van der Waals surface area (Å²) >= 11 is 6.16. The summed E-state index contributed by atoms with van der Waals surface area (Å²) in [6.45, 7) is 8.75. The molecule has 0 radical (unpaired) electrons. The molecule has 0 aliphatic heterocycles. The smallest absolute Gasteiger partial charge is 0.344 e. The normalized spacial score (nSPS) is 10.8. The summed E-state index contributed by atoms with van der Waals surface area (Å²) in [6, 6.07) is 3.66. The number of hydrogen-bond acceptors (Lipinski definition) is 5. The van der Waals surface area contributed by atoms with Crippen molar-refractivity contribution in [3.05, 3.63) is 45.3 Å². The fraction of sp³-hybridized carbons (Fsp3) is 0.389. The summed E-state index contributed by atoms with van der Waals surface area (Å²) in [5.74, 6) is -0.682. The Bertz CT molecular complexity index is 788. The molecule has 0 aliphatic carbocycles. The average Bonchev–Trinajstić information content (AvgIpc) is 2.90. The van der Waals surface area contributed by atoms with Gasteiger partial charge in [-0.25, -0.2) is 4.79 Å². The maximum Gasteiger partial charge on any atom is 0.344 e. The minimum Gasteiger partial charge on any atom is -0.452 e. The van der Waals surface area contributed by atoms with Crippen molar-refractivity contribution >= 4 is 29.2 Å². The van der Waals surface area contributed by atoms with Gasteiger partial charge < -0.3 is 14.6 Å². The number of halogens is 1. The number of esters is 1. The van der Waals surface area contributed by atoms with Crippen LogP contribution in [0.3, 0.4) is 0 Å². The molecule has 0 aliphatic rings. The van der Waals surface area contributed by atoms with Crippen LogP contribution in [-0.2, 0) is 9.53 Å². The van der Waals surface area contributed by atoms with E-state index in [-0.39, 0.29) is 11.5 Å². The van der Waals surface area contributed by atoms with Crippen LogP contribution in [-0.4, -0.2) is 23.6 Å². The van der Waals surface area contributed by atoms with Crippen LogP contribution in [0.5, 0.6) is 0 Å². The third kappa shape index (κ3) is 4.39. The molecule has 0 unspecified atom stereocenters. The van der Waals surface area contributed by atoms with Gasteiger partial charge >= 0.3 is 5.97 Å². The molecule has 1 aromatic carbocycles. The number of nitrogens with zero attached hydrogens (tertiary/aromatic N) is 1. The largest absolute Gasteiger partial charge is 0.452 e. The second-order valence-electron chi connectivity index (χ2n) is 6.22. The first kappa shape index (κ1) is 19.0. The van der Waals surface area contributed by atoms with Crippen LogP contribution in [0.2, 0.25) is 5.02 Å². The molecule has 2 aromatic rings. The molecule has 0 fully saturated rings. The van der Waals surface area contributed by atoms with Crippen LogP contribution < -0.4 is 5.32 Å². The highest BCUT2D eigenvalue weighted by Gasteiger charge is 2.24. The van der Waals surface area contributed by atoms with Gasteiger partial charge in [0.2, 0.25) is 0 Å². The number of carbonyl (C=O) groups excluding carboxylic acids is 2. The fourth-order valence-corrected chi connectivity index (χ4v) is 2.85. The van der Waals surface area contributed by atoms with Gasteiger partial charge in [-0.1, -0.05) is 36.7 Å². The van der Waals surface area contributed by atoms with E-state index in [2.05, 4.69) is 10.5 Å². The van der Waals surface area contributed by atoms with Gasteiger partial charge in [-0.15, -0.1) is 0 Å². The standard InChI is InChI=1S/C18H21ClN2O4/c1-9(2)17-15(12(5)21-25-17)18(23)24-8-14(22)20-16-11(4)6-10(3)7-13(16)19/h6-7,9H,8H2,1-5H3,(H,20,22). The van der Waals surface area contributed by atoms with Crippen LogP contribution >= 0.6 is 11.6 Å². The number of rotatable bonds is 5. The average molecular weight is 365 g/mol. The number of benzene rings is 1. The minimum absolute atomic E-state index is 0.0217. The van der Waals surface area contributed by atoms with Gasteiger partial charge in [0.25, 0.3) is 5.91 Å². The van der Waals surface area contributed by atoms with E-state index in [4.69, 9.17) is 20.9 Å². The zero-order valence-electron chi connectivity index (χ0n) is 14.9. The molecule has 0 atom stereocenters. The van der Waals surface area contributed by atoms with E-state index in [1.165, 1.54) is 0 Å². The lowest BCUT2D eigenvalue weighted by Crippen LogP contribution is -2.22. The van der Waals surface area contributed by atoms with E-state index < -0.39 is 18.5 Å². The van der Waals surface area contributed by atoms with Crippen molar-refractivity contribution in [3.63, 3.8) is 0 Å². The molecule has 1 amide bonds. The van der Waals surface area contributed by atoms with Gasteiger partial charge in [0.1, 0.15) is 5.56 Å². The second kappa shape index (κ2) is 7.70. The van der Waals surface area contributed by atoms with Gasteiger partial charge in [-0.05, 0) is 38.0 Å². The molecular formula is C18H21ClN2O4. The molecule has 25 heavy (non-hydrogen) atoms. The summed E-state index contributed by atoms with van der Waals surface area (Å²) in [4.78, 5) is 24.4. The third-order valence-electron chi connectivity index (χ3n) is 3.65. The summed E-state index contributed by atoms with van der Waals surface area (Å²) in [5, 5.41) is 6.90. The number of ether oxygens (including phenoxy) is 1. The highest BCUT2D eigenvalue weighted by atomic mass is 35.5. The number of amides is 1. The molecule has 1 heterocycles. The fourth-order valence-electron chi connectivity index (χ4n) is 2.48. The molecule has 134 valence electrons. The van der Waals surface area contributed by atoms with Gasteiger partial charge in [-0.3, -0.25) is 4.79 Å². The summed E-state index contributed by atoms with van der Waals surface area (Å²) in [7, 11) is 0. The molecule has 0 spiro atoms. The predicted octanol–water partition coefficient (Wildman–Crippen LogP) is 4.17. The van der Waals surface area contributed by atoms with Gasteiger partial charge in [0.05, 0.1) is 16.4 Å². The van der Waals surface area contributed by atoms with Crippen LogP contribution in [0.4, 0.5) is 5.69 Å². The van der Waals surface area contributed by atoms with E-state index in [0.29, 0.717) is 22.2 Å². The monoisotopic (exact) mass is 364 g/mol. The maximum atomic E-state index is 12.3. The summed E-state index contributed by atoms with van der Waals surface area (Å²) < 4.78 is 10.3. The van der Waals surface area contributed by atoms with Crippen LogP contribution in [0, 0.1) is 20.8 Å². The molecule has 0 bridgehead atoms. The van der Waals surface area contributed by atoms with E-state index >= 15 is 0 Å². The Balaban J connectivity index is 2.04. The lowest BCUT2D eigenvalue weighted by Gasteiger charge is -2.12. The minimum atomic E-state index is -0.635. The maximum absolute atomic E-state index is 12.3. The number of carbonyl (C=O) groups is 2. The topological polar surface area (TPSA) is 81.4 Å². The first-order valence-corrected chi connectivity index (χ1v) is 8.28. The van der Waals surface area contributed by atoms with Crippen LogP contribution in [0.25, 0.3) is 0 Å². The van der Waals surface area contributed by atoms with Crippen molar-refractivity contribution in [1.82, 2.24) is 5.16 Å². The van der Waals surface area contributed by atoms with Crippen molar-refractivity contribution in [2.75, 3.05) is 11.9 Å². The number of aromatic nitrogens is 1. The lowest BCUT2D eigenvalue weighted by atomic mass is 10.1. The van der Waals surface area contributed by atoms with E-state index in [1.54, 1.807) is 13.0 Å². The van der Waals surface area contributed by atoms with Crippen LogP contribution in [0.1, 0.15) is 52.7 Å². The number of hydrogen-bond donors (Lipinski definition) is 1. The Morgan fingerprint density at radius 1 is 1.28 bits per heavy atom. The Hall–Kier alpha value is -2.34. The molecule has 7 heteroatoms. The quantitative estimate of drug-likeness (QED) is 0.805. The van der Waals surface area contributed by atoms with Gasteiger partial charge in [0, 0.05) is 5.92 Å². The molecular weight excluding hydrogens is 344 g/mol. The Morgan fingerprint density at radius 2 is 1.96 bits per heavy atom. The van der Waals surface area contributed by atoms with Crippen molar-refractivity contribution in [2.24, 2.45) is 0 Å². The SMILES string of the molecule is Cc1cc(C)c(NC(=O)COC(=O)c2c(C)noc2C(C)C)c(Cl)c1. The molecule has 2 rings (SSSR count). The van der Waals surface area contributed by atoms with Crippen molar-refractivity contribution in [2.45, 2.75) is 40.5 Å². The Morgan fingerprint density at radius 3 is 2.56 bits per heavy atom. The summed E-state index contributed by atoms with van der Waals surface area (Å²) in [6.07, 6.45) is 0. The third-order valence-corrected chi connectivity index (χ3v) is 3.95. The first-order valence-electron chi connectivity index (χ1n) is 7.90. The van der Waals surface area contributed by atoms with Crippen LogP contribution in [0.15, 0.2) is 16.7 Å². The predicted molar refractivity (Wildman–Crippen MR) is 95.2 cm³/mol. The molecule has 0 saturated heterocycles. The van der Waals surface area contributed by atoms with Crippen molar-refractivity contribution < 1.29 is 18.8 Å². The van der Waals surface area contributed by atoms with Gasteiger partial charge in [-0.2, -0.15) is 0 Å². The molecule has 1 N–H and O–H groups in total. The van der Waals surface area contributed by atoms with E-state index in [1.807, 2.05) is 33.8 Å². The van der Waals surface area contributed by atoms with Gasteiger partial charge in [0.15, 0.2) is 12.4 Å². The summed E-state index contributed by atoms with van der Waals surface area (Å²) in [5.41, 5.74) is 3.05.